The molecule has 6 heteroatoms. The number of carbonyl (C=O) groups is 2. The Labute approximate surface area is 166 Å². The average Bonchev–Trinajstić information content (AvgIpc) is 2.84. The van der Waals surface area contributed by atoms with Crippen molar-refractivity contribution >= 4 is 33.3 Å². The number of fused-ring (bicyclic) bond motifs is 1. The summed E-state index contributed by atoms with van der Waals surface area (Å²) in [7, 11) is 0. The molecule has 2 aromatic carbocycles. The molecule has 2 aromatic rings. The number of halogens is 1. The Morgan fingerprint density at radius 3 is 2.63 bits per heavy atom. The predicted octanol–water partition coefficient (Wildman–Crippen LogP) is 3.84. The van der Waals surface area contributed by atoms with Crippen molar-refractivity contribution in [2.45, 2.75) is 18.9 Å². The molecular weight excluding hydrogens is 410 g/mol. The first-order chi connectivity index (χ1) is 12.9. The Kier molecular flexibility index (Phi) is 5.48. The fraction of sp³-hybridized carbons (Fsp3) is 0.238. The predicted molar refractivity (Wildman–Crippen MR) is 107 cm³/mol. The summed E-state index contributed by atoms with van der Waals surface area (Å²) in [5.74, 6) is -0.175. The minimum atomic E-state index is -1.90. The van der Waals surface area contributed by atoms with Crippen molar-refractivity contribution in [3.63, 3.8) is 0 Å². The van der Waals surface area contributed by atoms with Crippen molar-refractivity contribution in [3.05, 3.63) is 70.7 Å². The Bertz CT molecular complexity index is 894. The van der Waals surface area contributed by atoms with Gasteiger partial charge in [0.2, 0.25) is 0 Å². The molecule has 0 saturated heterocycles. The molecule has 0 fully saturated rings. The Balaban J connectivity index is 1.93. The van der Waals surface area contributed by atoms with Gasteiger partial charge in [-0.3, -0.25) is 9.59 Å². The van der Waals surface area contributed by atoms with Gasteiger partial charge in [0.1, 0.15) is 5.75 Å². The zero-order valence-corrected chi connectivity index (χ0v) is 16.5. The van der Waals surface area contributed by atoms with E-state index in [1.165, 1.54) is 4.90 Å². The molecule has 0 unspecified atom stereocenters. The topological polar surface area (TPSA) is 66.8 Å². The highest BCUT2D eigenvalue weighted by Gasteiger charge is 2.50. The van der Waals surface area contributed by atoms with E-state index in [4.69, 9.17) is 4.74 Å². The van der Waals surface area contributed by atoms with E-state index in [-0.39, 0.29) is 18.7 Å². The molecule has 0 saturated carbocycles. The number of benzene rings is 2. The first-order valence-electron chi connectivity index (χ1n) is 8.62. The average molecular weight is 430 g/mol. The maximum atomic E-state index is 12.9. The second-order valence-corrected chi connectivity index (χ2v) is 7.20. The number of ketones is 1. The van der Waals surface area contributed by atoms with Gasteiger partial charge in [0.15, 0.2) is 11.4 Å². The summed E-state index contributed by atoms with van der Waals surface area (Å²) in [5.41, 5.74) is -0.482. The molecular formula is C21H20BrNO4. The second kappa shape index (κ2) is 7.66. The van der Waals surface area contributed by atoms with Crippen molar-refractivity contribution in [2.24, 2.45) is 0 Å². The summed E-state index contributed by atoms with van der Waals surface area (Å²) in [6.45, 7) is 6.34. The van der Waals surface area contributed by atoms with Crippen LogP contribution in [0.2, 0.25) is 0 Å². The normalized spacial score (nSPS) is 18.3. The number of ether oxygens (including phenoxy) is 1. The van der Waals surface area contributed by atoms with E-state index in [0.29, 0.717) is 29.2 Å². The van der Waals surface area contributed by atoms with Gasteiger partial charge in [-0.05, 0) is 49.4 Å². The SMILES string of the molecule is C=CCN1C(=O)[C@@](O)(CC(=O)c2ccc(OCC)cc2)c2cc(Br)ccc21. The van der Waals surface area contributed by atoms with Crippen molar-refractivity contribution in [1.29, 1.82) is 0 Å². The molecule has 1 amide bonds. The minimum Gasteiger partial charge on any atom is -0.494 e. The largest absolute Gasteiger partial charge is 0.494 e. The van der Waals surface area contributed by atoms with Crippen LogP contribution in [0.5, 0.6) is 5.75 Å². The first kappa shape index (κ1) is 19.3. The number of carbonyl (C=O) groups excluding carboxylic acids is 2. The quantitative estimate of drug-likeness (QED) is 0.536. The smallest absolute Gasteiger partial charge is 0.264 e. The molecule has 27 heavy (non-hydrogen) atoms. The number of hydrogen-bond donors (Lipinski definition) is 1. The molecule has 140 valence electrons. The van der Waals surface area contributed by atoms with Crippen LogP contribution in [0, 0.1) is 0 Å². The van der Waals surface area contributed by atoms with Gasteiger partial charge < -0.3 is 14.7 Å². The lowest BCUT2D eigenvalue weighted by atomic mass is 9.88. The van der Waals surface area contributed by atoms with E-state index in [2.05, 4.69) is 22.5 Å². The minimum absolute atomic E-state index is 0.257. The summed E-state index contributed by atoms with van der Waals surface area (Å²) in [6.07, 6.45) is 1.25. The summed E-state index contributed by atoms with van der Waals surface area (Å²) in [5, 5.41) is 11.2. The van der Waals surface area contributed by atoms with Crippen LogP contribution in [0.25, 0.3) is 0 Å². The second-order valence-electron chi connectivity index (χ2n) is 6.28. The molecule has 5 nitrogen and oxygen atoms in total. The van der Waals surface area contributed by atoms with Crippen molar-refractivity contribution in [3.8, 4) is 5.75 Å². The highest BCUT2D eigenvalue weighted by molar-refractivity contribution is 9.10. The maximum Gasteiger partial charge on any atom is 0.264 e. The van der Waals surface area contributed by atoms with E-state index in [0.717, 1.165) is 4.47 Å². The number of Topliss-reactive ketones (excluding diaryl/α,β-unsaturated/α-hetero) is 1. The van der Waals surface area contributed by atoms with Gasteiger partial charge >= 0.3 is 0 Å². The molecule has 0 bridgehead atoms. The Morgan fingerprint density at radius 1 is 1.30 bits per heavy atom. The molecule has 0 spiro atoms. The van der Waals surface area contributed by atoms with Crippen LogP contribution < -0.4 is 9.64 Å². The van der Waals surface area contributed by atoms with Crippen molar-refractivity contribution in [1.82, 2.24) is 0 Å². The van der Waals surface area contributed by atoms with Crippen LogP contribution in [0.4, 0.5) is 5.69 Å². The summed E-state index contributed by atoms with van der Waals surface area (Å²) >= 11 is 3.37. The molecule has 3 rings (SSSR count). The van der Waals surface area contributed by atoms with Gasteiger partial charge in [-0.25, -0.2) is 0 Å². The van der Waals surface area contributed by atoms with Crippen LogP contribution in [0.15, 0.2) is 59.6 Å². The standard InChI is InChI=1S/C21H20BrNO4/c1-3-11-23-18-10-7-15(22)12-17(18)21(26,20(23)25)13-19(24)14-5-8-16(9-6-14)27-4-2/h3,5-10,12,26H,1,4,11,13H2,2H3/t21-/m1/s1. The zero-order chi connectivity index (χ0) is 19.6. The van der Waals surface area contributed by atoms with E-state index in [1.54, 1.807) is 48.5 Å². The van der Waals surface area contributed by atoms with Crippen LogP contribution >= 0.6 is 15.9 Å². The van der Waals surface area contributed by atoms with Gasteiger partial charge in [0, 0.05) is 22.1 Å². The van der Waals surface area contributed by atoms with Gasteiger partial charge in [0.25, 0.3) is 5.91 Å². The zero-order valence-electron chi connectivity index (χ0n) is 14.9. The monoisotopic (exact) mass is 429 g/mol. The van der Waals surface area contributed by atoms with Crippen LogP contribution in [0.1, 0.15) is 29.3 Å². The molecule has 1 heterocycles. The van der Waals surface area contributed by atoms with Crippen molar-refractivity contribution < 1.29 is 19.4 Å². The Hall–Kier alpha value is -2.44. The van der Waals surface area contributed by atoms with Crippen LogP contribution in [-0.4, -0.2) is 29.9 Å². The molecule has 1 aliphatic heterocycles. The summed E-state index contributed by atoms with van der Waals surface area (Å²) in [4.78, 5) is 27.2. The van der Waals surface area contributed by atoms with Gasteiger partial charge in [-0.15, -0.1) is 6.58 Å². The Morgan fingerprint density at radius 2 is 2.00 bits per heavy atom. The highest BCUT2D eigenvalue weighted by Crippen LogP contribution is 2.44. The lowest BCUT2D eigenvalue weighted by Crippen LogP contribution is -2.41. The fourth-order valence-electron chi connectivity index (χ4n) is 3.24. The number of nitrogens with zero attached hydrogens (tertiary/aromatic N) is 1. The third kappa shape index (κ3) is 3.55. The molecule has 0 aliphatic carbocycles. The van der Waals surface area contributed by atoms with Gasteiger partial charge in [0.05, 0.1) is 18.7 Å². The number of amides is 1. The number of hydrogen-bond acceptors (Lipinski definition) is 4. The summed E-state index contributed by atoms with van der Waals surface area (Å²) < 4.78 is 6.10. The van der Waals surface area contributed by atoms with Crippen LogP contribution in [0.3, 0.4) is 0 Å². The molecule has 1 aliphatic rings. The lowest BCUT2D eigenvalue weighted by Gasteiger charge is -2.22. The maximum absolute atomic E-state index is 12.9. The van der Waals surface area contributed by atoms with E-state index in [1.807, 2.05) is 6.92 Å². The third-order valence-electron chi connectivity index (χ3n) is 4.51. The number of anilines is 1. The van der Waals surface area contributed by atoms with Crippen molar-refractivity contribution in [2.75, 3.05) is 18.1 Å². The fourth-order valence-corrected chi connectivity index (χ4v) is 3.60. The van der Waals surface area contributed by atoms with Gasteiger partial charge in [-0.2, -0.15) is 0 Å². The molecule has 1 atom stereocenters. The van der Waals surface area contributed by atoms with E-state index in [9.17, 15) is 14.7 Å². The third-order valence-corrected chi connectivity index (χ3v) is 5.00. The molecule has 1 N–H and O–H groups in total. The van der Waals surface area contributed by atoms with E-state index < -0.39 is 11.5 Å². The highest BCUT2D eigenvalue weighted by atomic mass is 79.9. The number of rotatable bonds is 7. The first-order valence-corrected chi connectivity index (χ1v) is 9.41. The lowest BCUT2D eigenvalue weighted by molar-refractivity contribution is -0.135. The molecule has 0 aromatic heterocycles. The summed E-state index contributed by atoms with van der Waals surface area (Å²) in [6, 6.07) is 11.9. The van der Waals surface area contributed by atoms with Crippen LogP contribution in [-0.2, 0) is 10.4 Å². The van der Waals surface area contributed by atoms with Gasteiger partial charge in [-0.1, -0.05) is 22.0 Å². The number of aliphatic hydroxyl groups is 1. The molecule has 0 radical (unpaired) electrons. The van der Waals surface area contributed by atoms with E-state index >= 15 is 0 Å².